The van der Waals surface area contributed by atoms with E-state index in [-0.39, 0.29) is 35.5 Å². The number of hydrogen-bond donors (Lipinski definition) is 1. The number of benzene rings is 2. The van der Waals surface area contributed by atoms with Crippen molar-refractivity contribution in [3.63, 3.8) is 0 Å². The molecule has 0 aliphatic heterocycles. The molecular formula is C20H24F3NO4S. The van der Waals surface area contributed by atoms with Crippen LogP contribution in [0.1, 0.15) is 37.8 Å². The van der Waals surface area contributed by atoms with Crippen molar-refractivity contribution in [2.24, 2.45) is 0 Å². The van der Waals surface area contributed by atoms with Gasteiger partial charge in [-0.3, -0.25) is 0 Å². The molecule has 0 saturated carbocycles. The fourth-order valence-electron chi connectivity index (χ4n) is 2.55. The first-order valence-electron chi connectivity index (χ1n) is 9.11. The van der Waals surface area contributed by atoms with Crippen molar-refractivity contribution in [1.82, 2.24) is 4.72 Å². The zero-order valence-electron chi connectivity index (χ0n) is 16.4. The third kappa shape index (κ3) is 6.37. The molecule has 5 nitrogen and oxygen atoms in total. The van der Waals surface area contributed by atoms with Crippen LogP contribution in [0.2, 0.25) is 0 Å². The van der Waals surface area contributed by atoms with Gasteiger partial charge in [-0.2, -0.15) is 13.2 Å². The van der Waals surface area contributed by atoms with Crippen molar-refractivity contribution in [3.8, 4) is 11.5 Å². The van der Waals surface area contributed by atoms with Gasteiger partial charge in [0, 0.05) is 6.54 Å². The van der Waals surface area contributed by atoms with Gasteiger partial charge in [0.25, 0.3) is 0 Å². The van der Waals surface area contributed by atoms with Crippen LogP contribution in [0, 0.1) is 0 Å². The lowest BCUT2D eigenvalue weighted by Gasteiger charge is -2.15. The molecule has 0 fully saturated rings. The molecule has 0 heterocycles. The molecular weight excluding hydrogens is 407 g/mol. The largest absolute Gasteiger partial charge is 0.492 e. The number of nitrogens with one attached hydrogen (secondary N) is 1. The van der Waals surface area contributed by atoms with Crippen LogP contribution in [-0.4, -0.2) is 28.2 Å². The number of halogens is 3. The minimum Gasteiger partial charge on any atom is -0.492 e. The summed E-state index contributed by atoms with van der Waals surface area (Å²) < 4.78 is 76.7. The molecule has 0 aromatic heterocycles. The Morgan fingerprint density at radius 2 is 1.79 bits per heavy atom. The Kier molecular flexibility index (Phi) is 7.54. The Bertz CT molecular complexity index is 928. The molecule has 0 amide bonds. The molecule has 2 rings (SSSR count). The molecule has 2 aromatic rings. The summed E-state index contributed by atoms with van der Waals surface area (Å²) >= 11 is 0. The first-order valence-corrected chi connectivity index (χ1v) is 10.6. The summed E-state index contributed by atoms with van der Waals surface area (Å²) in [7, 11) is -3.89. The van der Waals surface area contributed by atoms with Crippen LogP contribution in [0.5, 0.6) is 11.5 Å². The Hall–Kier alpha value is -2.26. The third-order valence-corrected chi connectivity index (χ3v) is 5.53. The summed E-state index contributed by atoms with van der Waals surface area (Å²) in [6, 6.07) is 9.40. The molecule has 0 radical (unpaired) electrons. The number of hydrogen-bond acceptors (Lipinski definition) is 4. The first kappa shape index (κ1) is 23.0. The van der Waals surface area contributed by atoms with Gasteiger partial charge in [-0.05, 0) is 48.7 Å². The van der Waals surface area contributed by atoms with Crippen LogP contribution in [0.15, 0.2) is 47.4 Å². The van der Waals surface area contributed by atoms with E-state index in [1.165, 1.54) is 12.1 Å². The molecule has 0 bridgehead atoms. The highest BCUT2D eigenvalue weighted by Gasteiger charge is 2.30. The normalized spacial score (nSPS) is 12.2. The maximum Gasteiger partial charge on any atom is 0.416 e. The Labute approximate surface area is 168 Å². The zero-order valence-corrected chi connectivity index (χ0v) is 17.2. The molecule has 1 N–H and O–H groups in total. The second-order valence-corrected chi connectivity index (χ2v) is 8.30. The second-order valence-electron chi connectivity index (χ2n) is 6.57. The molecule has 9 heteroatoms. The Morgan fingerprint density at radius 1 is 1.07 bits per heavy atom. The van der Waals surface area contributed by atoms with Crippen molar-refractivity contribution in [2.75, 3.05) is 19.8 Å². The van der Waals surface area contributed by atoms with E-state index in [0.717, 1.165) is 17.7 Å². The standard InChI is InChI=1S/C20H24F3NO4S/c1-4-27-18-9-8-15(14(2)3)12-19(18)29(25,26)24-10-11-28-17-7-5-6-16(13-17)20(21,22)23/h5-9,12-14,24H,4,10-11H2,1-3H3. The van der Waals surface area contributed by atoms with Crippen molar-refractivity contribution < 1.29 is 31.1 Å². The van der Waals surface area contributed by atoms with Gasteiger partial charge in [0.1, 0.15) is 23.0 Å². The maximum absolute atomic E-state index is 12.7. The van der Waals surface area contributed by atoms with Crippen LogP contribution in [0.3, 0.4) is 0 Å². The van der Waals surface area contributed by atoms with E-state index in [1.807, 2.05) is 19.9 Å². The van der Waals surface area contributed by atoms with Gasteiger partial charge < -0.3 is 9.47 Å². The lowest BCUT2D eigenvalue weighted by Crippen LogP contribution is -2.29. The predicted molar refractivity (Wildman–Crippen MR) is 104 cm³/mol. The smallest absolute Gasteiger partial charge is 0.416 e. The van der Waals surface area contributed by atoms with Gasteiger partial charge in [0.2, 0.25) is 10.0 Å². The fourth-order valence-corrected chi connectivity index (χ4v) is 3.74. The van der Waals surface area contributed by atoms with Gasteiger partial charge in [-0.25, -0.2) is 13.1 Å². The molecule has 0 atom stereocenters. The van der Waals surface area contributed by atoms with E-state index < -0.39 is 21.8 Å². The highest BCUT2D eigenvalue weighted by atomic mass is 32.2. The molecule has 0 aliphatic carbocycles. The maximum atomic E-state index is 12.7. The van der Waals surface area contributed by atoms with Crippen molar-refractivity contribution in [1.29, 1.82) is 0 Å². The molecule has 2 aromatic carbocycles. The number of ether oxygens (including phenoxy) is 2. The monoisotopic (exact) mass is 431 g/mol. The lowest BCUT2D eigenvalue weighted by molar-refractivity contribution is -0.137. The SMILES string of the molecule is CCOc1ccc(C(C)C)cc1S(=O)(=O)NCCOc1cccc(C(F)(F)F)c1. The molecule has 0 unspecified atom stereocenters. The minimum absolute atomic E-state index is 0.0100. The van der Waals surface area contributed by atoms with E-state index in [0.29, 0.717) is 6.61 Å². The van der Waals surface area contributed by atoms with Crippen molar-refractivity contribution >= 4 is 10.0 Å². The van der Waals surface area contributed by atoms with Crippen molar-refractivity contribution in [3.05, 3.63) is 53.6 Å². The zero-order chi connectivity index (χ0) is 21.7. The number of sulfonamides is 1. The average Bonchev–Trinajstić information content (AvgIpc) is 2.65. The van der Waals surface area contributed by atoms with E-state index >= 15 is 0 Å². The number of alkyl halides is 3. The Balaban J connectivity index is 2.06. The van der Waals surface area contributed by atoms with Crippen LogP contribution in [0.25, 0.3) is 0 Å². The summed E-state index contributed by atoms with van der Waals surface area (Å²) in [6.07, 6.45) is -4.47. The summed E-state index contributed by atoms with van der Waals surface area (Å²) in [5.41, 5.74) is 0.0106. The molecule has 0 aliphatic rings. The molecule has 0 spiro atoms. The predicted octanol–water partition coefficient (Wildman–Crippen LogP) is 4.58. The molecule has 0 saturated heterocycles. The van der Waals surface area contributed by atoms with E-state index in [1.54, 1.807) is 19.1 Å². The minimum atomic E-state index is -4.47. The van der Waals surface area contributed by atoms with Crippen LogP contribution >= 0.6 is 0 Å². The van der Waals surface area contributed by atoms with Crippen LogP contribution in [0.4, 0.5) is 13.2 Å². The molecule has 29 heavy (non-hydrogen) atoms. The summed E-state index contributed by atoms with van der Waals surface area (Å²) in [4.78, 5) is 0.0182. The van der Waals surface area contributed by atoms with Crippen LogP contribution in [-0.2, 0) is 16.2 Å². The fraction of sp³-hybridized carbons (Fsp3) is 0.400. The summed E-state index contributed by atoms with van der Waals surface area (Å²) in [5, 5.41) is 0. The van der Waals surface area contributed by atoms with E-state index in [4.69, 9.17) is 9.47 Å². The second kappa shape index (κ2) is 9.49. The topological polar surface area (TPSA) is 64.6 Å². The number of rotatable bonds is 9. The van der Waals surface area contributed by atoms with Gasteiger partial charge in [0.15, 0.2) is 0 Å². The summed E-state index contributed by atoms with van der Waals surface area (Å²) in [5.74, 6) is 0.378. The van der Waals surface area contributed by atoms with Crippen LogP contribution < -0.4 is 14.2 Å². The highest BCUT2D eigenvalue weighted by molar-refractivity contribution is 7.89. The molecule has 160 valence electrons. The summed E-state index contributed by atoms with van der Waals surface area (Å²) in [6.45, 7) is 5.71. The van der Waals surface area contributed by atoms with Gasteiger partial charge >= 0.3 is 6.18 Å². The Morgan fingerprint density at radius 3 is 2.41 bits per heavy atom. The van der Waals surface area contributed by atoms with Gasteiger partial charge in [0.05, 0.1) is 12.2 Å². The first-order chi connectivity index (χ1) is 13.5. The third-order valence-electron chi connectivity index (χ3n) is 4.05. The van der Waals surface area contributed by atoms with Gasteiger partial charge in [-0.15, -0.1) is 0 Å². The average molecular weight is 431 g/mol. The lowest BCUT2D eigenvalue weighted by atomic mass is 10.0. The van der Waals surface area contributed by atoms with E-state index in [9.17, 15) is 21.6 Å². The quantitative estimate of drug-likeness (QED) is 0.590. The van der Waals surface area contributed by atoms with Crippen molar-refractivity contribution in [2.45, 2.75) is 37.8 Å². The van der Waals surface area contributed by atoms with E-state index in [2.05, 4.69) is 4.72 Å². The van der Waals surface area contributed by atoms with Gasteiger partial charge in [-0.1, -0.05) is 26.0 Å². The highest BCUT2D eigenvalue weighted by Crippen LogP contribution is 2.31.